The van der Waals surface area contributed by atoms with Crippen molar-refractivity contribution in [3.63, 3.8) is 0 Å². The number of likely N-dealkylation sites (N-methyl/N-ethyl adjacent to an activating group) is 2. The van der Waals surface area contributed by atoms with Gasteiger partial charge in [-0.2, -0.15) is 0 Å². The fourth-order valence-corrected chi connectivity index (χ4v) is 4.12. The van der Waals surface area contributed by atoms with Gasteiger partial charge in [-0.1, -0.05) is 48.5 Å². The largest absolute Gasteiger partial charge is 0.468 e. The zero-order valence-corrected chi connectivity index (χ0v) is 23.8. The number of carbonyl (C=O) groups is 1. The minimum atomic E-state index is -0.166. The van der Waals surface area contributed by atoms with Crippen molar-refractivity contribution in [1.82, 2.24) is 39.3 Å². The van der Waals surface area contributed by atoms with Crippen LogP contribution in [0.3, 0.4) is 0 Å². The lowest BCUT2D eigenvalue weighted by Crippen LogP contribution is -2.45. The number of methoxy groups -OCH3 is 1. The van der Waals surface area contributed by atoms with Crippen LogP contribution in [-0.4, -0.2) is 92.2 Å². The van der Waals surface area contributed by atoms with E-state index < -0.39 is 0 Å². The molecule has 202 valence electrons. The van der Waals surface area contributed by atoms with Crippen LogP contribution in [0.1, 0.15) is 79.8 Å². The molecular weight excluding hydrogens is 444 g/mol. The molecule has 0 aliphatic carbocycles. The van der Waals surface area contributed by atoms with Gasteiger partial charge in [0.25, 0.3) is 0 Å². The first kappa shape index (κ1) is 32.7. The van der Waals surface area contributed by atoms with E-state index in [0.29, 0.717) is 6.04 Å². The van der Waals surface area contributed by atoms with Crippen molar-refractivity contribution in [1.29, 1.82) is 0 Å². The third kappa shape index (κ3) is 10.4. The molecule has 0 N–H and O–H groups in total. The molecule has 4 heterocycles. The molecule has 10 nitrogen and oxygen atoms in total. The van der Waals surface area contributed by atoms with E-state index in [-0.39, 0.29) is 18.1 Å². The van der Waals surface area contributed by atoms with Gasteiger partial charge >= 0.3 is 5.97 Å². The van der Waals surface area contributed by atoms with Crippen molar-refractivity contribution < 1.29 is 9.53 Å². The Morgan fingerprint density at radius 2 is 1.34 bits per heavy atom. The topological polar surface area (TPSA) is 94.2 Å². The van der Waals surface area contributed by atoms with Crippen molar-refractivity contribution >= 4 is 5.97 Å². The molecule has 2 aromatic heterocycles. The monoisotopic (exact) mass is 494 g/mol. The van der Waals surface area contributed by atoms with Gasteiger partial charge < -0.3 is 18.8 Å². The van der Waals surface area contributed by atoms with Crippen molar-refractivity contribution in [3.8, 4) is 0 Å². The number of esters is 1. The summed E-state index contributed by atoms with van der Waals surface area (Å²) in [7, 11) is 5.55. The molecule has 0 bridgehead atoms. The lowest BCUT2D eigenvalue weighted by atomic mass is 9.94. The number of likely N-dealkylation sites (tertiary alicyclic amines) is 2. The van der Waals surface area contributed by atoms with Gasteiger partial charge in [0.1, 0.15) is 31.4 Å². The second-order valence-corrected chi connectivity index (χ2v) is 8.11. The number of hydrogen-bond acceptors (Lipinski definition) is 8. The van der Waals surface area contributed by atoms with Gasteiger partial charge in [-0.05, 0) is 45.8 Å². The Bertz CT molecular complexity index is 739. The van der Waals surface area contributed by atoms with Crippen LogP contribution in [0.5, 0.6) is 0 Å². The smallest absolute Gasteiger partial charge is 0.323 e. The van der Waals surface area contributed by atoms with Gasteiger partial charge in [-0.3, -0.25) is 9.69 Å². The molecule has 35 heavy (non-hydrogen) atoms. The minimum Gasteiger partial charge on any atom is -0.468 e. The summed E-state index contributed by atoms with van der Waals surface area (Å²) in [6.45, 7) is 17.5. The first-order valence-electron chi connectivity index (χ1n) is 13.1. The quantitative estimate of drug-likeness (QED) is 0.592. The van der Waals surface area contributed by atoms with Gasteiger partial charge in [-0.25, -0.2) is 0 Å². The maximum atomic E-state index is 11.6. The second kappa shape index (κ2) is 18.9. The van der Waals surface area contributed by atoms with E-state index in [1.54, 1.807) is 12.7 Å². The van der Waals surface area contributed by atoms with Crippen molar-refractivity contribution in [2.45, 2.75) is 85.9 Å². The highest BCUT2D eigenvalue weighted by atomic mass is 16.5. The molecule has 2 aliphatic heterocycles. The highest BCUT2D eigenvalue weighted by Gasteiger charge is 2.32. The molecule has 2 fully saturated rings. The number of nitrogens with zero attached hydrogens (tertiary/aromatic N) is 8. The maximum Gasteiger partial charge on any atom is 0.323 e. The second-order valence-electron chi connectivity index (χ2n) is 8.11. The molecule has 2 aromatic rings. The number of hydrogen-bond donors (Lipinski definition) is 0. The van der Waals surface area contributed by atoms with E-state index in [2.05, 4.69) is 43.8 Å². The van der Waals surface area contributed by atoms with Crippen LogP contribution in [0.2, 0.25) is 0 Å². The van der Waals surface area contributed by atoms with E-state index >= 15 is 0 Å². The molecule has 0 spiro atoms. The molecule has 0 amide bonds. The third-order valence-corrected chi connectivity index (χ3v) is 6.12. The molecule has 4 atom stereocenters. The van der Waals surface area contributed by atoms with Gasteiger partial charge in [0.15, 0.2) is 0 Å². The normalized spacial score (nSPS) is 24.1. The van der Waals surface area contributed by atoms with Crippen molar-refractivity contribution in [2.24, 2.45) is 5.92 Å². The highest BCUT2D eigenvalue weighted by molar-refractivity contribution is 5.75. The molecule has 0 saturated carbocycles. The summed E-state index contributed by atoms with van der Waals surface area (Å²) in [5.74, 6) is 0.562. The maximum absolute atomic E-state index is 11.6. The van der Waals surface area contributed by atoms with E-state index in [4.69, 9.17) is 4.74 Å². The standard InChI is InChI=1S/C10H16N4O2.C9H16N4.3C2H6/c1-13-4-3-8(14-6-11-12-7-14)5-9(13)10(15)16-2;1-8-3-4-12(2)5-9(8)13-6-10-11-7-13;3*1-2/h6-9H,3-5H2,1-2H3;6-9H,3-5H2,1-2H3;3*1-2H3. The Hall–Kier alpha value is -2.33. The first-order chi connectivity index (χ1) is 17.0. The Labute approximate surface area is 213 Å². The Morgan fingerprint density at radius 1 is 0.829 bits per heavy atom. The Kier molecular flexibility index (Phi) is 17.7. The van der Waals surface area contributed by atoms with Crippen LogP contribution in [0.4, 0.5) is 0 Å². The first-order valence-corrected chi connectivity index (χ1v) is 13.1. The number of rotatable bonds is 3. The summed E-state index contributed by atoms with van der Waals surface area (Å²) in [6.07, 6.45) is 10.1. The summed E-state index contributed by atoms with van der Waals surface area (Å²) in [6, 6.07) is 0.676. The van der Waals surface area contributed by atoms with Crippen LogP contribution < -0.4 is 0 Å². The lowest BCUT2D eigenvalue weighted by Gasteiger charge is -2.35. The van der Waals surface area contributed by atoms with Crippen molar-refractivity contribution in [3.05, 3.63) is 25.3 Å². The number of piperidine rings is 2. The van der Waals surface area contributed by atoms with Gasteiger partial charge in [0, 0.05) is 19.1 Å². The van der Waals surface area contributed by atoms with Crippen LogP contribution in [-0.2, 0) is 9.53 Å². The summed E-state index contributed by atoms with van der Waals surface area (Å²) in [4.78, 5) is 16.0. The van der Waals surface area contributed by atoms with E-state index in [1.807, 2.05) is 70.7 Å². The number of carbonyl (C=O) groups excluding carboxylic acids is 1. The molecule has 2 saturated heterocycles. The van der Waals surface area contributed by atoms with E-state index in [0.717, 1.165) is 31.8 Å². The Balaban J connectivity index is 0.000000551. The number of aromatic nitrogens is 6. The van der Waals surface area contributed by atoms with Gasteiger partial charge in [0.2, 0.25) is 0 Å². The molecule has 0 aromatic carbocycles. The molecule has 2 aliphatic rings. The fourth-order valence-electron chi connectivity index (χ4n) is 4.12. The summed E-state index contributed by atoms with van der Waals surface area (Å²) >= 11 is 0. The zero-order valence-electron chi connectivity index (χ0n) is 23.8. The molecule has 4 unspecified atom stereocenters. The average Bonchev–Trinajstić information content (AvgIpc) is 3.64. The lowest BCUT2D eigenvalue weighted by molar-refractivity contribution is -0.148. The molecule has 10 heteroatoms. The minimum absolute atomic E-state index is 0.161. The van der Waals surface area contributed by atoms with Gasteiger partial charge in [0.05, 0.1) is 13.2 Å². The fraction of sp³-hybridized carbons (Fsp3) is 0.800. The molecule has 4 rings (SSSR count). The highest BCUT2D eigenvalue weighted by Crippen LogP contribution is 2.27. The summed E-state index contributed by atoms with van der Waals surface area (Å²) < 4.78 is 8.89. The van der Waals surface area contributed by atoms with Crippen LogP contribution >= 0.6 is 0 Å². The van der Waals surface area contributed by atoms with E-state index in [9.17, 15) is 4.79 Å². The van der Waals surface area contributed by atoms with Crippen LogP contribution in [0, 0.1) is 5.92 Å². The predicted molar refractivity (Wildman–Crippen MR) is 141 cm³/mol. The van der Waals surface area contributed by atoms with Gasteiger partial charge in [-0.15, -0.1) is 20.4 Å². The van der Waals surface area contributed by atoms with Crippen LogP contribution in [0.15, 0.2) is 25.3 Å². The zero-order chi connectivity index (χ0) is 26.8. The summed E-state index contributed by atoms with van der Waals surface area (Å²) in [5.41, 5.74) is 0. The SMILES string of the molecule is CC.CC.CC.CC1CCN(C)CC1n1cnnc1.COC(=O)C1CC(n2cnnc2)CCN1C. The molecular formula is C25H50N8O2. The van der Waals surface area contributed by atoms with Crippen LogP contribution in [0.25, 0.3) is 0 Å². The predicted octanol–water partition coefficient (Wildman–Crippen LogP) is 3.96. The summed E-state index contributed by atoms with van der Waals surface area (Å²) in [5, 5.41) is 15.3. The number of ether oxygens (including phenoxy) is 1. The average molecular weight is 495 g/mol. The third-order valence-electron chi connectivity index (χ3n) is 6.12. The Morgan fingerprint density at radius 3 is 1.86 bits per heavy atom. The van der Waals surface area contributed by atoms with Crippen molar-refractivity contribution in [2.75, 3.05) is 40.8 Å². The molecule has 0 radical (unpaired) electrons. The van der Waals surface area contributed by atoms with E-state index in [1.165, 1.54) is 20.1 Å².